The number of hydrogen-bond donors (Lipinski definition) is 1. The minimum Gasteiger partial charge on any atom is -0.497 e. The molecule has 1 heterocycles. The number of hydrogen-bond acceptors (Lipinski definition) is 7. The molecule has 0 aliphatic carbocycles. The van der Waals surface area contributed by atoms with Crippen LogP contribution in [-0.2, 0) is 32.1 Å². The summed E-state index contributed by atoms with van der Waals surface area (Å²) in [5.41, 5.74) is 2.36. The fraction of sp³-hybridized carbons (Fsp3) is 0.286. The highest BCUT2D eigenvalue weighted by Gasteiger charge is 2.50. The van der Waals surface area contributed by atoms with Crippen molar-refractivity contribution in [1.82, 2.24) is 9.96 Å². The molecule has 1 N–H and O–H groups in total. The number of nitrogens with zero attached hydrogens (tertiary/aromatic N) is 2. The van der Waals surface area contributed by atoms with Crippen molar-refractivity contribution in [2.24, 2.45) is 0 Å². The number of imide groups is 1. The van der Waals surface area contributed by atoms with E-state index in [1.54, 1.807) is 36.3 Å². The zero-order chi connectivity index (χ0) is 25.5. The van der Waals surface area contributed by atoms with Crippen LogP contribution in [0.25, 0.3) is 0 Å². The fourth-order valence-corrected chi connectivity index (χ4v) is 4.42. The van der Waals surface area contributed by atoms with Gasteiger partial charge in [-0.05, 0) is 35.2 Å². The molecule has 0 saturated carbocycles. The Labute approximate surface area is 210 Å². The summed E-state index contributed by atoms with van der Waals surface area (Å²) in [6, 6.07) is 24.1. The second-order valence-electron chi connectivity index (χ2n) is 8.53. The van der Waals surface area contributed by atoms with Gasteiger partial charge in [-0.1, -0.05) is 72.8 Å². The Kier molecular flexibility index (Phi) is 8.45. The van der Waals surface area contributed by atoms with Crippen LogP contribution in [0.4, 0.5) is 0 Å². The van der Waals surface area contributed by atoms with Crippen molar-refractivity contribution in [1.29, 1.82) is 0 Å². The van der Waals surface area contributed by atoms with Gasteiger partial charge < -0.3 is 14.6 Å². The van der Waals surface area contributed by atoms with E-state index in [1.807, 2.05) is 60.7 Å². The van der Waals surface area contributed by atoms with Crippen molar-refractivity contribution in [2.45, 2.75) is 31.2 Å². The van der Waals surface area contributed by atoms with E-state index in [0.29, 0.717) is 17.7 Å². The monoisotopic (exact) mass is 490 g/mol. The Bertz CT molecular complexity index is 1140. The SMILES string of the molecule is COCON1C(=O)[C@H]([C@H](O)c2ccc(OC)cc2)N(Cc2ccccc2)[C@@H](Cc2ccccc2)C1=O. The summed E-state index contributed by atoms with van der Waals surface area (Å²) in [4.78, 5) is 34.5. The van der Waals surface area contributed by atoms with Gasteiger partial charge in [0.15, 0.2) is 6.79 Å². The molecular weight excluding hydrogens is 460 g/mol. The third kappa shape index (κ3) is 5.63. The van der Waals surface area contributed by atoms with E-state index >= 15 is 0 Å². The molecule has 0 radical (unpaired) electrons. The maximum Gasteiger partial charge on any atom is 0.274 e. The third-order valence-corrected chi connectivity index (χ3v) is 6.23. The van der Waals surface area contributed by atoms with Crippen LogP contribution < -0.4 is 4.74 Å². The Morgan fingerprint density at radius 3 is 2.03 bits per heavy atom. The summed E-state index contributed by atoms with van der Waals surface area (Å²) in [5.74, 6) is -0.528. The molecule has 0 bridgehead atoms. The average Bonchev–Trinajstić information content (AvgIpc) is 2.92. The average molecular weight is 491 g/mol. The molecule has 3 aromatic rings. The number of aliphatic hydroxyl groups excluding tert-OH is 1. The van der Waals surface area contributed by atoms with Gasteiger partial charge in [-0.2, -0.15) is 0 Å². The standard InChI is InChI=1S/C28H30N2O6/c1-34-19-36-30-27(32)24(17-20-9-5-3-6-10-20)29(18-21-11-7-4-8-12-21)25(28(30)33)26(31)22-13-15-23(35-2)16-14-22/h3-16,24-26,31H,17-19H2,1-2H3/t24-,25-,26+/m0/s1. The van der Waals surface area contributed by atoms with Gasteiger partial charge >= 0.3 is 0 Å². The van der Waals surface area contributed by atoms with Gasteiger partial charge in [-0.25, -0.2) is 4.84 Å². The van der Waals surface area contributed by atoms with E-state index in [2.05, 4.69) is 0 Å². The molecule has 8 nitrogen and oxygen atoms in total. The van der Waals surface area contributed by atoms with Crippen molar-refractivity contribution in [3.05, 3.63) is 102 Å². The number of aliphatic hydroxyl groups is 1. The topological polar surface area (TPSA) is 88.5 Å². The van der Waals surface area contributed by atoms with E-state index in [0.717, 1.165) is 16.2 Å². The normalized spacial score (nSPS) is 19.4. The molecule has 188 valence electrons. The summed E-state index contributed by atoms with van der Waals surface area (Å²) in [5, 5.41) is 12.3. The Morgan fingerprint density at radius 1 is 0.833 bits per heavy atom. The Hall–Kier alpha value is -3.56. The lowest BCUT2D eigenvalue weighted by Gasteiger charge is -2.45. The second-order valence-corrected chi connectivity index (χ2v) is 8.53. The molecule has 4 rings (SSSR count). The first-order valence-electron chi connectivity index (χ1n) is 11.7. The molecule has 0 spiro atoms. The number of ether oxygens (including phenoxy) is 2. The molecule has 1 saturated heterocycles. The summed E-state index contributed by atoms with van der Waals surface area (Å²) in [6.45, 7) is 0.00535. The van der Waals surface area contributed by atoms with Gasteiger partial charge in [0.1, 0.15) is 17.9 Å². The van der Waals surface area contributed by atoms with Crippen molar-refractivity contribution in [3.63, 3.8) is 0 Å². The lowest BCUT2D eigenvalue weighted by molar-refractivity contribution is -0.237. The van der Waals surface area contributed by atoms with Crippen LogP contribution in [0, 0.1) is 0 Å². The zero-order valence-corrected chi connectivity index (χ0v) is 20.3. The second kappa shape index (κ2) is 11.9. The van der Waals surface area contributed by atoms with E-state index in [1.165, 1.54) is 7.11 Å². The maximum atomic E-state index is 13.7. The first kappa shape index (κ1) is 25.5. The fourth-order valence-electron chi connectivity index (χ4n) is 4.42. The highest BCUT2D eigenvalue weighted by molar-refractivity contribution is 6.02. The van der Waals surface area contributed by atoms with Crippen LogP contribution in [0.5, 0.6) is 5.75 Å². The zero-order valence-electron chi connectivity index (χ0n) is 20.3. The van der Waals surface area contributed by atoms with Gasteiger partial charge in [0.05, 0.1) is 13.2 Å². The van der Waals surface area contributed by atoms with Crippen molar-refractivity contribution in [3.8, 4) is 5.75 Å². The summed E-state index contributed by atoms with van der Waals surface area (Å²) < 4.78 is 10.2. The van der Waals surface area contributed by atoms with Crippen LogP contribution in [0.1, 0.15) is 22.8 Å². The lowest BCUT2D eigenvalue weighted by atomic mass is 9.92. The number of carbonyl (C=O) groups is 2. The predicted octanol–water partition coefficient (Wildman–Crippen LogP) is 3.12. The molecular formula is C28H30N2O6. The minimum absolute atomic E-state index is 0.278. The van der Waals surface area contributed by atoms with Crippen LogP contribution in [-0.4, -0.2) is 60.0 Å². The Morgan fingerprint density at radius 2 is 1.44 bits per heavy atom. The first-order chi connectivity index (χ1) is 17.5. The molecule has 1 aliphatic rings. The molecule has 8 heteroatoms. The molecule has 0 aromatic heterocycles. The quantitative estimate of drug-likeness (QED) is 0.345. The highest BCUT2D eigenvalue weighted by atomic mass is 16.8. The van der Waals surface area contributed by atoms with Gasteiger partial charge in [0.2, 0.25) is 0 Å². The molecule has 36 heavy (non-hydrogen) atoms. The number of methoxy groups -OCH3 is 2. The van der Waals surface area contributed by atoms with Crippen molar-refractivity contribution >= 4 is 11.8 Å². The van der Waals surface area contributed by atoms with E-state index in [9.17, 15) is 14.7 Å². The number of rotatable bonds is 10. The summed E-state index contributed by atoms with van der Waals surface area (Å²) in [7, 11) is 2.97. The molecule has 3 atom stereocenters. The number of amides is 2. The third-order valence-electron chi connectivity index (χ3n) is 6.23. The predicted molar refractivity (Wildman–Crippen MR) is 132 cm³/mol. The maximum absolute atomic E-state index is 13.7. The van der Waals surface area contributed by atoms with E-state index in [4.69, 9.17) is 14.3 Å². The smallest absolute Gasteiger partial charge is 0.274 e. The van der Waals surface area contributed by atoms with Crippen LogP contribution in [0.15, 0.2) is 84.9 Å². The van der Waals surface area contributed by atoms with Crippen LogP contribution >= 0.6 is 0 Å². The van der Waals surface area contributed by atoms with E-state index < -0.39 is 30.0 Å². The van der Waals surface area contributed by atoms with Gasteiger partial charge in [0.25, 0.3) is 11.8 Å². The number of carbonyl (C=O) groups excluding carboxylic acids is 2. The molecule has 3 aromatic carbocycles. The summed E-state index contributed by atoms with van der Waals surface area (Å²) >= 11 is 0. The van der Waals surface area contributed by atoms with Crippen molar-refractivity contribution < 1.29 is 29.0 Å². The minimum atomic E-state index is -1.23. The first-order valence-corrected chi connectivity index (χ1v) is 11.7. The van der Waals surface area contributed by atoms with Gasteiger partial charge in [-0.15, -0.1) is 5.06 Å². The number of hydroxylamine groups is 2. The number of benzene rings is 3. The van der Waals surface area contributed by atoms with E-state index in [-0.39, 0.29) is 13.3 Å². The Balaban J connectivity index is 1.77. The number of piperazine rings is 1. The van der Waals surface area contributed by atoms with Gasteiger partial charge in [0, 0.05) is 13.7 Å². The molecule has 1 fully saturated rings. The van der Waals surface area contributed by atoms with Gasteiger partial charge in [-0.3, -0.25) is 14.5 Å². The van der Waals surface area contributed by atoms with Crippen LogP contribution in [0.3, 0.4) is 0 Å². The van der Waals surface area contributed by atoms with Crippen LogP contribution in [0.2, 0.25) is 0 Å². The molecule has 0 unspecified atom stereocenters. The molecule has 2 amide bonds. The largest absolute Gasteiger partial charge is 0.497 e. The summed E-state index contributed by atoms with van der Waals surface area (Å²) in [6.07, 6.45) is -0.898. The molecule has 1 aliphatic heterocycles. The lowest BCUT2D eigenvalue weighted by Crippen LogP contribution is -2.66. The highest BCUT2D eigenvalue weighted by Crippen LogP contribution is 2.32. The van der Waals surface area contributed by atoms with Crippen molar-refractivity contribution in [2.75, 3.05) is 21.0 Å².